The van der Waals surface area contributed by atoms with Crippen molar-refractivity contribution in [3.05, 3.63) is 60.5 Å². The minimum absolute atomic E-state index is 0.275. The van der Waals surface area contributed by atoms with E-state index in [-0.39, 0.29) is 5.82 Å². The van der Waals surface area contributed by atoms with E-state index < -0.39 is 0 Å². The summed E-state index contributed by atoms with van der Waals surface area (Å²) in [6, 6.07) is 14.3. The summed E-state index contributed by atoms with van der Waals surface area (Å²) < 4.78 is 13.3. The molecule has 0 atom stereocenters. The fraction of sp³-hybridized carbons (Fsp3) is 0.250. The van der Waals surface area contributed by atoms with Gasteiger partial charge in [-0.1, -0.05) is 6.07 Å². The third-order valence-corrected chi connectivity index (χ3v) is 4.45. The summed E-state index contributed by atoms with van der Waals surface area (Å²) in [6.07, 6.45) is 3.85. The van der Waals surface area contributed by atoms with Crippen LogP contribution in [0.4, 0.5) is 10.2 Å². The predicted molar refractivity (Wildman–Crippen MR) is 100 cm³/mol. The second-order valence-corrected chi connectivity index (χ2v) is 6.35. The van der Waals surface area contributed by atoms with Gasteiger partial charge in [0, 0.05) is 23.9 Å². The van der Waals surface area contributed by atoms with E-state index in [1.54, 1.807) is 18.3 Å². The molecule has 0 bridgehead atoms. The van der Waals surface area contributed by atoms with Gasteiger partial charge in [0.05, 0.1) is 11.4 Å². The van der Waals surface area contributed by atoms with E-state index in [1.165, 1.54) is 12.1 Å². The Morgan fingerprint density at radius 2 is 1.77 bits per heavy atom. The molecule has 132 valence electrons. The monoisotopic (exact) mass is 349 g/mol. The van der Waals surface area contributed by atoms with Crippen molar-refractivity contribution in [2.24, 2.45) is 0 Å². The average molecular weight is 349 g/mol. The lowest BCUT2D eigenvalue weighted by Crippen LogP contribution is -2.35. The van der Waals surface area contributed by atoms with Crippen LogP contribution in [0, 0.1) is 5.82 Å². The molecule has 2 aromatic heterocycles. The first-order valence-electron chi connectivity index (χ1n) is 8.81. The molecule has 26 heavy (non-hydrogen) atoms. The first-order valence-corrected chi connectivity index (χ1v) is 8.81. The Kier molecular flexibility index (Phi) is 4.84. The number of nitrogens with zero attached hydrogens (tertiary/aromatic N) is 3. The minimum atomic E-state index is -0.275. The van der Waals surface area contributed by atoms with Crippen LogP contribution >= 0.6 is 0 Å². The van der Waals surface area contributed by atoms with Crippen LogP contribution in [-0.2, 0) is 0 Å². The molecule has 0 radical (unpaired) electrons. The fourth-order valence-corrected chi connectivity index (χ4v) is 3.07. The van der Waals surface area contributed by atoms with Crippen LogP contribution in [0.25, 0.3) is 22.8 Å². The highest BCUT2D eigenvalue weighted by Crippen LogP contribution is 2.24. The second kappa shape index (κ2) is 7.58. The van der Waals surface area contributed by atoms with E-state index in [9.17, 15) is 4.39 Å². The quantitative estimate of drug-likeness (QED) is 0.755. The molecule has 0 saturated carbocycles. The number of benzene rings is 1. The molecule has 1 saturated heterocycles. The lowest BCUT2D eigenvalue weighted by Gasteiger charge is -2.24. The maximum absolute atomic E-state index is 13.3. The van der Waals surface area contributed by atoms with Crippen molar-refractivity contribution >= 4 is 5.82 Å². The standard InChI is InChI=1S/C20H20FN5/c21-15-6-4-14(5-7-15)20-25-18(17-3-1-2-10-23-17)13-19(26-20)24-16-8-11-22-12-9-16/h1-7,10,13,16,22H,8-9,11-12H2,(H,24,25,26). The van der Waals surface area contributed by atoms with Crippen molar-refractivity contribution < 1.29 is 4.39 Å². The Bertz CT molecular complexity index is 861. The van der Waals surface area contributed by atoms with E-state index in [2.05, 4.69) is 25.6 Å². The van der Waals surface area contributed by atoms with Crippen molar-refractivity contribution in [3.8, 4) is 22.8 Å². The highest BCUT2D eigenvalue weighted by atomic mass is 19.1. The summed E-state index contributed by atoms with van der Waals surface area (Å²) >= 11 is 0. The number of nitrogens with one attached hydrogen (secondary N) is 2. The Labute approximate surface area is 151 Å². The number of pyridine rings is 1. The van der Waals surface area contributed by atoms with Gasteiger partial charge in [0.1, 0.15) is 11.6 Å². The first-order chi connectivity index (χ1) is 12.8. The summed E-state index contributed by atoms with van der Waals surface area (Å²) in [5, 5.41) is 6.88. The summed E-state index contributed by atoms with van der Waals surface area (Å²) in [5.74, 6) is 1.05. The zero-order valence-electron chi connectivity index (χ0n) is 14.3. The molecule has 0 spiro atoms. The Balaban J connectivity index is 1.72. The van der Waals surface area contributed by atoms with Crippen LogP contribution in [0.5, 0.6) is 0 Å². The van der Waals surface area contributed by atoms with Gasteiger partial charge in [-0.25, -0.2) is 14.4 Å². The van der Waals surface area contributed by atoms with E-state index >= 15 is 0 Å². The highest BCUT2D eigenvalue weighted by molar-refractivity contribution is 5.65. The molecule has 4 rings (SSSR count). The molecule has 3 aromatic rings. The van der Waals surface area contributed by atoms with Crippen molar-refractivity contribution in [1.82, 2.24) is 20.3 Å². The van der Waals surface area contributed by atoms with E-state index in [4.69, 9.17) is 0 Å². The number of hydrogen-bond donors (Lipinski definition) is 2. The predicted octanol–water partition coefficient (Wildman–Crippen LogP) is 3.51. The molecule has 6 heteroatoms. The van der Waals surface area contributed by atoms with Crippen LogP contribution in [0.1, 0.15) is 12.8 Å². The van der Waals surface area contributed by atoms with Crippen LogP contribution in [0.15, 0.2) is 54.7 Å². The van der Waals surface area contributed by atoms with Crippen molar-refractivity contribution in [1.29, 1.82) is 0 Å². The molecule has 1 aromatic carbocycles. The smallest absolute Gasteiger partial charge is 0.162 e. The average Bonchev–Trinajstić information content (AvgIpc) is 2.70. The number of piperidine rings is 1. The van der Waals surface area contributed by atoms with E-state index in [1.807, 2.05) is 24.3 Å². The summed E-state index contributed by atoms with van der Waals surface area (Å²) in [7, 11) is 0. The van der Waals surface area contributed by atoms with Gasteiger partial charge in [-0.15, -0.1) is 0 Å². The van der Waals surface area contributed by atoms with Gasteiger partial charge in [0.2, 0.25) is 0 Å². The van der Waals surface area contributed by atoms with Gasteiger partial charge in [-0.3, -0.25) is 4.98 Å². The highest BCUT2D eigenvalue weighted by Gasteiger charge is 2.15. The molecule has 3 heterocycles. The van der Waals surface area contributed by atoms with Gasteiger partial charge in [0.15, 0.2) is 5.82 Å². The van der Waals surface area contributed by atoms with Crippen LogP contribution in [0.3, 0.4) is 0 Å². The Morgan fingerprint density at radius 3 is 2.50 bits per heavy atom. The lowest BCUT2D eigenvalue weighted by molar-refractivity contribution is 0.478. The van der Waals surface area contributed by atoms with Crippen LogP contribution in [-0.4, -0.2) is 34.1 Å². The number of anilines is 1. The molecule has 0 aliphatic carbocycles. The topological polar surface area (TPSA) is 62.7 Å². The van der Waals surface area contributed by atoms with Crippen LogP contribution in [0.2, 0.25) is 0 Å². The van der Waals surface area contributed by atoms with Crippen molar-refractivity contribution in [2.75, 3.05) is 18.4 Å². The fourth-order valence-electron chi connectivity index (χ4n) is 3.07. The summed E-state index contributed by atoms with van der Waals surface area (Å²) in [4.78, 5) is 13.7. The zero-order chi connectivity index (χ0) is 17.8. The van der Waals surface area contributed by atoms with E-state index in [0.29, 0.717) is 11.9 Å². The van der Waals surface area contributed by atoms with Gasteiger partial charge in [-0.05, 0) is 62.3 Å². The maximum atomic E-state index is 13.3. The number of halogens is 1. The third kappa shape index (κ3) is 3.86. The zero-order valence-corrected chi connectivity index (χ0v) is 14.3. The molecular formula is C20H20FN5. The number of rotatable bonds is 4. The van der Waals surface area contributed by atoms with Gasteiger partial charge in [0.25, 0.3) is 0 Å². The lowest BCUT2D eigenvalue weighted by atomic mass is 10.1. The molecule has 1 aliphatic rings. The van der Waals surface area contributed by atoms with Gasteiger partial charge < -0.3 is 10.6 Å². The maximum Gasteiger partial charge on any atom is 0.162 e. The number of aromatic nitrogens is 3. The van der Waals surface area contributed by atoms with E-state index in [0.717, 1.165) is 48.7 Å². The van der Waals surface area contributed by atoms with Crippen molar-refractivity contribution in [2.45, 2.75) is 18.9 Å². The molecule has 0 amide bonds. The summed E-state index contributed by atoms with van der Waals surface area (Å²) in [6.45, 7) is 2.00. The van der Waals surface area contributed by atoms with Crippen molar-refractivity contribution in [3.63, 3.8) is 0 Å². The summed E-state index contributed by atoms with van der Waals surface area (Å²) in [5.41, 5.74) is 2.31. The molecule has 2 N–H and O–H groups in total. The largest absolute Gasteiger partial charge is 0.367 e. The number of hydrogen-bond acceptors (Lipinski definition) is 5. The SMILES string of the molecule is Fc1ccc(-c2nc(NC3CCNCC3)cc(-c3ccccn3)n2)cc1. The molecular weight excluding hydrogens is 329 g/mol. The Morgan fingerprint density at radius 1 is 0.962 bits per heavy atom. The third-order valence-electron chi connectivity index (χ3n) is 4.45. The van der Waals surface area contributed by atoms with Gasteiger partial charge >= 0.3 is 0 Å². The molecule has 0 unspecified atom stereocenters. The Hall–Kier alpha value is -2.86. The molecule has 1 aliphatic heterocycles. The second-order valence-electron chi connectivity index (χ2n) is 6.35. The molecule has 5 nitrogen and oxygen atoms in total. The normalized spacial score (nSPS) is 15.0. The van der Waals surface area contributed by atoms with Crippen LogP contribution < -0.4 is 10.6 Å². The minimum Gasteiger partial charge on any atom is -0.367 e. The first kappa shape index (κ1) is 16.6. The van der Waals surface area contributed by atoms with Gasteiger partial charge in [-0.2, -0.15) is 0 Å². The molecule has 1 fully saturated rings.